The highest BCUT2D eigenvalue weighted by atomic mass is 16.3. The van der Waals surface area contributed by atoms with Gasteiger partial charge in [0.2, 0.25) is 0 Å². The molecular weight excluding hydrogens is 232 g/mol. The first kappa shape index (κ1) is 12.4. The van der Waals surface area contributed by atoms with Crippen LogP contribution >= 0.6 is 0 Å². The van der Waals surface area contributed by atoms with E-state index in [-0.39, 0.29) is 0 Å². The van der Waals surface area contributed by atoms with Crippen molar-refractivity contribution < 1.29 is 5.11 Å². The van der Waals surface area contributed by atoms with E-state index in [2.05, 4.69) is 43.3 Å². The monoisotopic (exact) mass is 252 g/mol. The fraction of sp³-hybridized carbons (Fsp3) is 0.333. The van der Waals surface area contributed by atoms with E-state index in [4.69, 9.17) is 0 Å². The molecule has 1 atom stereocenters. The van der Waals surface area contributed by atoms with Crippen molar-refractivity contribution in [1.29, 1.82) is 0 Å². The summed E-state index contributed by atoms with van der Waals surface area (Å²) >= 11 is 0. The lowest BCUT2D eigenvalue weighted by Gasteiger charge is -2.12. The van der Waals surface area contributed by atoms with Gasteiger partial charge in [0.15, 0.2) is 0 Å². The Morgan fingerprint density at radius 3 is 1.95 bits per heavy atom. The summed E-state index contributed by atoms with van der Waals surface area (Å²) in [6.45, 7) is 2.14. The summed E-state index contributed by atoms with van der Waals surface area (Å²) in [6.07, 6.45) is 3.16. The third-order valence-corrected chi connectivity index (χ3v) is 4.00. The van der Waals surface area contributed by atoms with Crippen molar-refractivity contribution in [3.63, 3.8) is 0 Å². The number of aryl methyl sites for hydroxylation is 1. The van der Waals surface area contributed by atoms with E-state index in [1.807, 2.05) is 12.1 Å². The van der Waals surface area contributed by atoms with E-state index in [1.54, 1.807) is 0 Å². The molecule has 0 amide bonds. The Balaban J connectivity index is 1.79. The fourth-order valence-electron chi connectivity index (χ4n) is 2.50. The van der Waals surface area contributed by atoms with Gasteiger partial charge in [-0.1, -0.05) is 55.5 Å². The molecule has 1 heteroatoms. The zero-order chi connectivity index (χ0) is 13.2. The van der Waals surface area contributed by atoms with Crippen LogP contribution in [0.5, 0.6) is 0 Å². The molecule has 0 aliphatic heterocycles. The van der Waals surface area contributed by atoms with E-state index in [0.29, 0.717) is 0 Å². The Labute approximate surface area is 114 Å². The molecule has 0 aromatic heterocycles. The van der Waals surface area contributed by atoms with Gasteiger partial charge in [-0.2, -0.15) is 0 Å². The molecule has 1 unspecified atom stereocenters. The molecule has 1 aliphatic rings. The van der Waals surface area contributed by atoms with Gasteiger partial charge in [0.05, 0.1) is 0 Å². The van der Waals surface area contributed by atoms with Crippen molar-refractivity contribution in [3.8, 4) is 0 Å². The molecule has 2 aromatic rings. The number of rotatable bonds is 4. The Morgan fingerprint density at radius 1 is 0.947 bits per heavy atom. The molecule has 0 spiro atoms. The summed E-state index contributed by atoms with van der Waals surface area (Å²) in [4.78, 5) is 0. The topological polar surface area (TPSA) is 20.2 Å². The van der Waals surface area contributed by atoms with Crippen molar-refractivity contribution in [2.75, 3.05) is 0 Å². The SMILES string of the molecule is CCc1ccc(C(O)c2ccc(C3CC3)cc2)cc1. The van der Waals surface area contributed by atoms with Gasteiger partial charge in [-0.05, 0) is 47.4 Å². The fourth-order valence-corrected chi connectivity index (χ4v) is 2.50. The van der Waals surface area contributed by atoms with Crippen LogP contribution in [-0.4, -0.2) is 5.11 Å². The quantitative estimate of drug-likeness (QED) is 0.864. The lowest BCUT2D eigenvalue weighted by Crippen LogP contribution is -2.00. The molecule has 1 fully saturated rings. The van der Waals surface area contributed by atoms with Gasteiger partial charge in [-0.3, -0.25) is 0 Å². The molecule has 1 saturated carbocycles. The van der Waals surface area contributed by atoms with E-state index < -0.39 is 6.10 Å². The van der Waals surface area contributed by atoms with Crippen LogP contribution < -0.4 is 0 Å². The van der Waals surface area contributed by atoms with Crippen LogP contribution in [0.15, 0.2) is 48.5 Å². The van der Waals surface area contributed by atoms with Gasteiger partial charge < -0.3 is 5.11 Å². The van der Waals surface area contributed by atoms with Gasteiger partial charge in [0.1, 0.15) is 6.10 Å². The van der Waals surface area contributed by atoms with Crippen molar-refractivity contribution in [2.24, 2.45) is 0 Å². The Bertz CT molecular complexity index is 535. The molecule has 0 heterocycles. The summed E-state index contributed by atoms with van der Waals surface area (Å²) in [5.41, 5.74) is 4.67. The lowest BCUT2D eigenvalue weighted by atomic mass is 9.98. The van der Waals surface area contributed by atoms with Crippen LogP contribution in [-0.2, 0) is 6.42 Å². The molecule has 0 radical (unpaired) electrons. The Hall–Kier alpha value is -1.60. The highest BCUT2D eigenvalue weighted by Gasteiger charge is 2.23. The second-order valence-electron chi connectivity index (χ2n) is 5.44. The predicted octanol–water partition coefficient (Wildman–Crippen LogP) is 4.21. The Morgan fingerprint density at radius 2 is 1.47 bits per heavy atom. The molecule has 3 rings (SSSR count). The highest BCUT2D eigenvalue weighted by molar-refractivity contribution is 5.35. The molecule has 1 nitrogen and oxygen atoms in total. The van der Waals surface area contributed by atoms with Crippen molar-refractivity contribution in [2.45, 2.75) is 38.2 Å². The average Bonchev–Trinajstić information content (AvgIpc) is 3.31. The molecule has 2 aromatic carbocycles. The summed E-state index contributed by atoms with van der Waals surface area (Å²) in [7, 11) is 0. The number of hydrogen-bond donors (Lipinski definition) is 1. The van der Waals surface area contributed by atoms with Gasteiger partial charge >= 0.3 is 0 Å². The molecule has 0 bridgehead atoms. The first-order valence-electron chi connectivity index (χ1n) is 7.14. The second-order valence-corrected chi connectivity index (χ2v) is 5.44. The van der Waals surface area contributed by atoms with E-state index in [0.717, 1.165) is 23.5 Å². The maximum atomic E-state index is 10.4. The summed E-state index contributed by atoms with van der Waals surface area (Å²) in [5.74, 6) is 0.773. The zero-order valence-corrected chi connectivity index (χ0v) is 11.3. The van der Waals surface area contributed by atoms with Crippen LogP contribution in [0.1, 0.15) is 54.0 Å². The average molecular weight is 252 g/mol. The highest BCUT2D eigenvalue weighted by Crippen LogP contribution is 2.40. The minimum Gasteiger partial charge on any atom is -0.384 e. The first-order valence-corrected chi connectivity index (χ1v) is 7.14. The minimum atomic E-state index is -0.515. The summed E-state index contributed by atoms with van der Waals surface area (Å²) < 4.78 is 0. The van der Waals surface area contributed by atoms with Crippen LogP contribution in [0, 0.1) is 0 Å². The molecule has 1 N–H and O–H groups in total. The maximum Gasteiger partial charge on any atom is 0.104 e. The largest absolute Gasteiger partial charge is 0.384 e. The molecular formula is C18H20O. The standard InChI is InChI=1S/C18H20O/c1-2-13-3-5-16(6-4-13)18(19)17-11-9-15(10-12-17)14-7-8-14/h3-6,9-12,14,18-19H,2,7-8H2,1H3. The second kappa shape index (κ2) is 5.18. The minimum absolute atomic E-state index is 0.515. The van der Waals surface area contributed by atoms with Crippen LogP contribution in [0.3, 0.4) is 0 Å². The van der Waals surface area contributed by atoms with Gasteiger partial charge in [0.25, 0.3) is 0 Å². The van der Waals surface area contributed by atoms with Crippen molar-refractivity contribution >= 4 is 0 Å². The number of hydrogen-bond acceptors (Lipinski definition) is 1. The third kappa shape index (κ3) is 2.71. The van der Waals surface area contributed by atoms with Gasteiger partial charge in [-0.25, -0.2) is 0 Å². The van der Waals surface area contributed by atoms with Crippen LogP contribution in [0.4, 0.5) is 0 Å². The van der Waals surface area contributed by atoms with Gasteiger partial charge in [-0.15, -0.1) is 0 Å². The Kier molecular flexibility index (Phi) is 3.39. The third-order valence-electron chi connectivity index (χ3n) is 4.00. The molecule has 0 saturated heterocycles. The number of aliphatic hydroxyl groups is 1. The number of aliphatic hydroxyl groups excluding tert-OH is 1. The maximum absolute atomic E-state index is 10.4. The number of benzene rings is 2. The van der Waals surface area contributed by atoms with E-state index in [1.165, 1.54) is 24.0 Å². The van der Waals surface area contributed by atoms with Crippen LogP contribution in [0.25, 0.3) is 0 Å². The normalized spacial score (nSPS) is 16.3. The molecule has 19 heavy (non-hydrogen) atoms. The van der Waals surface area contributed by atoms with Gasteiger partial charge in [0, 0.05) is 0 Å². The summed E-state index contributed by atoms with van der Waals surface area (Å²) in [6, 6.07) is 16.7. The van der Waals surface area contributed by atoms with Crippen molar-refractivity contribution in [3.05, 3.63) is 70.8 Å². The lowest BCUT2D eigenvalue weighted by molar-refractivity contribution is 0.220. The predicted molar refractivity (Wildman–Crippen MR) is 78.3 cm³/mol. The first-order chi connectivity index (χ1) is 9.28. The molecule has 98 valence electrons. The molecule has 1 aliphatic carbocycles. The van der Waals surface area contributed by atoms with E-state index in [9.17, 15) is 5.11 Å². The van der Waals surface area contributed by atoms with Crippen LogP contribution in [0.2, 0.25) is 0 Å². The smallest absolute Gasteiger partial charge is 0.104 e. The van der Waals surface area contributed by atoms with E-state index >= 15 is 0 Å². The van der Waals surface area contributed by atoms with Crippen molar-refractivity contribution in [1.82, 2.24) is 0 Å². The zero-order valence-electron chi connectivity index (χ0n) is 11.3. The summed E-state index contributed by atoms with van der Waals surface area (Å²) in [5, 5.41) is 10.4.